The maximum absolute atomic E-state index is 14.5. The molecule has 1 aliphatic heterocycles. The number of nitrogens with zero attached hydrogens (tertiary/aromatic N) is 6. The van der Waals surface area contributed by atoms with E-state index in [1.54, 1.807) is 31.2 Å². The van der Waals surface area contributed by atoms with Crippen molar-refractivity contribution in [2.75, 3.05) is 13.2 Å². The van der Waals surface area contributed by atoms with Crippen molar-refractivity contribution in [2.45, 2.75) is 31.1 Å². The number of nitrogens with one attached hydrogen (secondary N) is 1. The summed E-state index contributed by atoms with van der Waals surface area (Å²) in [6.45, 7) is 3.66. The zero-order chi connectivity index (χ0) is 31.2. The van der Waals surface area contributed by atoms with Crippen LogP contribution in [0.4, 0.5) is 13.2 Å². The summed E-state index contributed by atoms with van der Waals surface area (Å²) in [6.07, 6.45) is 5.69. The molecule has 2 atom stereocenters. The predicted octanol–water partition coefficient (Wildman–Crippen LogP) is 3.53. The Bertz CT molecular complexity index is 1710. The van der Waals surface area contributed by atoms with Crippen molar-refractivity contribution < 1.29 is 31.2 Å². The van der Waals surface area contributed by atoms with E-state index in [0.717, 1.165) is 36.4 Å². The topological polar surface area (TPSA) is 154 Å². The number of benzene rings is 2. The van der Waals surface area contributed by atoms with Crippen LogP contribution in [0.3, 0.4) is 0 Å². The van der Waals surface area contributed by atoms with E-state index >= 15 is 0 Å². The van der Waals surface area contributed by atoms with Crippen LogP contribution in [0.2, 0.25) is 0 Å². The van der Waals surface area contributed by atoms with E-state index < -0.39 is 39.1 Å². The molecule has 3 N–H and O–H groups in total. The molecule has 0 spiro atoms. The summed E-state index contributed by atoms with van der Waals surface area (Å²) in [7, 11) is -3.89. The van der Waals surface area contributed by atoms with Gasteiger partial charge in [-0.25, -0.2) is 38.5 Å². The fourth-order valence-electron chi connectivity index (χ4n) is 4.49. The lowest BCUT2D eigenvalue weighted by Gasteiger charge is -2.38. The standard InChI is InChI=1S/C20H18F3N7O.C8H10O3S/c1-12(18-16(22)5-24-8-27-18)20(31,7-30-11-26-10-29-30)15-3-2-13(21)4-14(15)19-17(23)6-25-9-28-19;1-7-2-4-8(5-3-7)6-12(9,10)11/h2-6,8-9,11-12,29,31H,7,10H2,1H3;2-5H,6H2,1H3,(H,9,10,11)/t12-,20+;/m0./s1. The number of hydrogen-bond acceptors (Lipinski definition) is 10. The monoisotopic (exact) mass is 615 g/mol. The van der Waals surface area contributed by atoms with Crippen LogP contribution in [0.1, 0.15) is 35.2 Å². The lowest BCUT2D eigenvalue weighted by Crippen LogP contribution is -2.47. The van der Waals surface area contributed by atoms with Gasteiger partial charge in [0, 0.05) is 11.5 Å². The summed E-state index contributed by atoms with van der Waals surface area (Å²) in [5.41, 5.74) is 2.65. The van der Waals surface area contributed by atoms with Gasteiger partial charge in [-0.05, 0) is 30.2 Å². The fourth-order valence-corrected chi connectivity index (χ4v) is 5.10. The van der Waals surface area contributed by atoms with Gasteiger partial charge in [-0.15, -0.1) is 0 Å². The summed E-state index contributed by atoms with van der Waals surface area (Å²) >= 11 is 0. The molecule has 0 saturated heterocycles. The zero-order valence-electron chi connectivity index (χ0n) is 23.1. The van der Waals surface area contributed by atoms with E-state index in [1.807, 2.05) is 6.92 Å². The summed E-state index contributed by atoms with van der Waals surface area (Å²) in [5.74, 6) is -3.42. The van der Waals surface area contributed by atoms with Gasteiger partial charge in [-0.1, -0.05) is 42.8 Å². The smallest absolute Gasteiger partial charge is 0.269 e. The molecule has 15 heteroatoms. The lowest BCUT2D eigenvalue weighted by atomic mass is 9.77. The number of halogens is 3. The molecule has 0 fully saturated rings. The normalized spacial score (nSPS) is 15.0. The minimum absolute atomic E-state index is 0.0138. The first-order valence-corrected chi connectivity index (χ1v) is 14.4. The third kappa shape index (κ3) is 7.95. The van der Waals surface area contributed by atoms with E-state index in [0.29, 0.717) is 12.2 Å². The minimum Gasteiger partial charge on any atom is -0.383 e. The molecule has 0 aliphatic carbocycles. The van der Waals surface area contributed by atoms with E-state index in [2.05, 4.69) is 30.4 Å². The van der Waals surface area contributed by atoms with Crippen LogP contribution in [0.5, 0.6) is 0 Å². The average molecular weight is 616 g/mol. The SMILES string of the molecule is C[C@@H](c1ncncc1F)[C@](O)(CN1C=NCN1)c1ccc(F)cc1-c1ncncc1F.Cc1ccc(CS(=O)(=O)O)cc1. The highest BCUT2D eigenvalue weighted by molar-refractivity contribution is 7.85. The van der Waals surface area contributed by atoms with Gasteiger partial charge >= 0.3 is 0 Å². The van der Waals surface area contributed by atoms with Crippen molar-refractivity contribution in [2.24, 2.45) is 4.99 Å². The minimum atomic E-state index is -3.89. The number of hydrogen-bond donors (Lipinski definition) is 3. The van der Waals surface area contributed by atoms with Gasteiger partial charge in [-0.2, -0.15) is 8.42 Å². The van der Waals surface area contributed by atoms with Crippen LogP contribution in [0.15, 0.2) is 72.5 Å². The third-order valence-corrected chi connectivity index (χ3v) is 7.36. The molecule has 0 amide bonds. The van der Waals surface area contributed by atoms with Gasteiger partial charge in [0.15, 0.2) is 11.6 Å². The largest absolute Gasteiger partial charge is 0.383 e. The summed E-state index contributed by atoms with van der Waals surface area (Å²) in [5, 5.41) is 13.5. The Labute approximate surface area is 245 Å². The Morgan fingerprint density at radius 3 is 2.30 bits per heavy atom. The second-order valence-corrected chi connectivity index (χ2v) is 11.2. The van der Waals surface area contributed by atoms with E-state index in [4.69, 9.17) is 4.55 Å². The number of aryl methyl sites for hydroxylation is 1. The van der Waals surface area contributed by atoms with Crippen molar-refractivity contribution in [3.05, 3.63) is 107 Å². The second kappa shape index (κ2) is 13.3. The third-order valence-electron chi connectivity index (χ3n) is 6.66. The first-order chi connectivity index (χ1) is 20.4. The highest BCUT2D eigenvalue weighted by atomic mass is 32.2. The van der Waals surface area contributed by atoms with Crippen LogP contribution in [0, 0.1) is 24.4 Å². The second-order valence-electron chi connectivity index (χ2n) is 9.77. The van der Waals surface area contributed by atoms with Gasteiger partial charge < -0.3 is 5.11 Å². The molecule has 0 radical (unpaired) electrons. The number of aliphatic hydroxyl groups is 1. The Kier molecular flexibility index (Phi) is 9.80. The van der Waals surface area contributed by atoms with Crippen LogP contribution in [0.25, 0.3) is 11.3 Å². The highest BCUT2D eigenvalue weighted by Crippen LogP contribution is 2.42. The molecule has 0 unspecified atom stereocenters. The molecule has 0 bridgehead atoms. The van der Waals surface area contributed by atoms with Crippen molar-refractivity contribution >= 4 is 16.5 Å². The quantitative estimate of drug-likeness (QED) is 0.251. The first-order valence-electron chi connectivity index (χ1n) is 12.8. The Morgan fingerprint density at radius 1 is 1.02 bits per heavy atom. The molecule has 11 nitrogen and oxygen atoms in total. The molecule has 2 aromatic carbocycles. The van der Waals surface area contributed by atoms with Crippen LogP contribution in [-0.2, 0) is 21.5 Å². The number of rotatable bonds is 8. The Balaban J connectivity index is 0.000000296. The van der Waals surface area contributed by atoms with Crippen LogP contribution >= 0.6 is 0 Å². The van der Waals surface area contributed by atoms with Crippen LogP contribution < -0.4 is 5.43 Å². The van der Waals surface area contributed by atoms with E-state index in [9.17, 15) is 26.7 Å². The molecule has 226 valence electrons. The van der Waals surface area contributed by atoms with Gasteiger partial charge in [0.25, 0.3) is 10.1 Å². The zero-order valence-corrected chi connectivity index (χ0v) is 23.9. The van der Waals surface area contributed by atoms with Gasteiger partial charge in [0.1, 0.15) is 48.5 Å². The Hall–Kier alpha value is -4.31. The summed E-state index contributed by atoms with van der Waals surface area (Å²) < 4.78 is 72.6. The number of aromatic nitrogens is 4. The van der Waals surface area contributed by atoms with E-state index in [-0.39, 0.29) is 34.8 Å². The van der Waals surface area contributed by atoms with Crippen LogP contribution in [-0.4, -0.2) is 62.6 Å². The lowest BCUT2D eigenvalue weighted by molar-refractivity contribution is -0.0135. The Morgan fingerprint density at radius 2 is 1.70 bits per heavy atom. The fraction of sp³-hybridized carbons (Fsp3) is 0.250. The van der Waals surface area contributed by atoms with Gasteiger partial charge in [0.05, 0.1) is 24.6 Å². The molecule has 43 heavy (non-hydrogen) atoms. The van der Waals surface area contributed by atoms with Crippen molar-refractivity contribution in [1.29, 1.82) is 0 Å². The number of aliphatic imine (C=N–C) groups is 1. The first kappa shape index (κ1) is 31.6. The molecule has 1 aliphatic rings. The molecule has 2 aromatic heterocycles. The van der Waals surface area contributed by atoms with Crippen molar-refractivity contribution in [1.82, 2.24) is 30.4 Å². The number of hydrazine groups is 1. The molecule has 0 saturated carbocycles. The molecule has 5 rings (SSSR count). The average Bonchev–Trinajstić information content (AvgIpc) is 3.47. The molecular weight excluding hydrogens is 587 g/mol. The van der Waals surface area contributed by atoms with Crippen molar-refractivity contribution in [3.63, 3.8) is 0 Å². The van der Waals surface area contributed by atoms with Gasteiger partial charge in [0.2, 0.25) is 0 Å². The molecule has 3 heterocycles. The summed E-state index contributed by atoms with van der Waals surface area (Å²) in [6, 6.07) is 10.5. The van der Waals surface area contributed by atoms with E-state index in [1.165, 1.54) is 23.7 Å². The van der Waals surface area contributed by atoms with Gasteiger partial charge in [-0.3, -0.25) is 14.6 Å². The number of β-amino-alcohol motifs (C(OH)–C–C–N with tert-alkyl or cyclic N) is 1. The molecule has 4 aromatic rings. The van der Waals surface area contributed by atoms with Crippen molar-refractivity contribution in [3.8, 4) is 11.3 Å². The summed E-state index contributed by atoms with van der Waals surface area (Å²) in [4.78, 5) is 19.2. The predicted molar refractivity (Wildman–Crippen MR) is 151 cm³/mol. The maximum atomic E-state index is 14.5. The highest BCUT2D eigenvalue weighted by Gasteiger charge is 2.43. The molecular formula is C28H28F3N7O4S. The maximum Gasteiger partial charge on any atom is 0.269 e.